The normalized spacial score (nSPS) is 11.1. The van der Waals surface area contributed by atoms with Crippen molar-refractivity contribution in [3.63, 3.8) is 0 Å². The van der Waals surface area contributed by atoms with Gasteiger partial charge in [0.1, 0.15) is 5.56 Å². The lowest BCUT2D eigenvalue weighted by molar-refractivity contribution is 0.0524. The number of carbonyl (C=O) groups excluding carboxylic acids is 1. The van der Waals surface area contributed by atoms with Gasteiger partial charge in [-0.15, -0.1) is 0 Å². The number of benzene rings is 1. The number of fused-ring (bicyclic) bond motifs is 1. The lowest BCUT2D eigenvalue weighted by Gasteiger charge is -2.19. The Morgan fingerprint density at radius 1 is 1.35 bits per heavy atom. The predicted molar refractivity (Wildman–Crippen MR) is 81.0 cm³/mol. The van der Waals surface area contributed by atoms with Gasteiger partial charge in [-0.05, 0) is 26.8 Å². The molecule has 0 aliphatic carbocycles. The minimum atomic E-state index is -1.22. The average Bonchev–Trinajstić information content (AvgIpc) is 2.49. The van der Waals surface area contributed by atoms with E-state index in [9.17, 15) is 18.4 Å². The fraction of sp³-hybridized carbons (Fsp3) is 0.375. The van der Waals surface area contributed by atoms with E-state index in [1.165, 1.54) is 17.9 Å². The number of carbonyl (C=O) groups is 1. The lowest BCUT2D eigenvalue weighted by Crippen LogP contribution is -2.22. The molecule has 1 aromatic carbocycles. The van der Waals surface area contributed by atoms with Gasteiger partial charge in [-0.1, -0.05) is 0 Å². The van der Waals surface area contributed by atoms with E-state index in [1.54, 1.807) is 20.8 Å². The molecule has 0 saturated carbocycles. The minimum Gasteiger partial charge on any atom is -0.491 e. The number of methoxy groups -OCH3 is 1. The molecule has 5 nitrogen and oxygen atoms in total. The minimum absolute atomic E-state index is 0.0963. The molecule has 0 aliphatic heterocycles. The number of esters is 1. The summed E-state index contributed by atoms with van der Waals surface area (Å²) in [6.45, 7) is 5.26. The summed E-state index contributed by atoms with van der Waals surface area (Å²) >= 11 is 0. The van der Waals surface area contributed by atoms with Gasteiger partial charge in [0.2, 0.25) is 11.2 Å². The number of rotatable bonds is 4. The molecule has 23 heavy (non-hydrogen) atoms. The highest BCUT2D eigenvalue weighted by atomic mass is 19.2. The Labute approximate surface area is 131 Å². The number of nitrogens with zero attached hydrogens (tertiary/aromatic N) is 1. The highest BCUT2D eigenvalue weighted by molar-refractivity contribution is 5.95. The van der Waals surface area contributed by atoms with Crippen LogP contribution in [0.1, 0.15) is 37.2 Å². The summed E-state index contributed by atoms with van der Waals surface area (Å²) in [7, 11) is 1.19. The summed E-state index contributed by atoms with van der Waals surface area (Å²) in [6, 6.07) is 0.543. The Kier molecular flexibility index (Phi) is 4.68. The van der Waals surface area contributed by atoms with Gasteiger partial charge in [-0.25, -0.2) is 9.18 Å². The van der Waals surface area contributed by atoms with E-state index in [0.29, 0.717) is 0 Å². The molecule has 7 heteroatoms. The summed E-state index contributed by atoms with van der Waals surface area (Å²) in [6.07, 6.45) is 1.28. The molecule has 0 spiro atoms. The number of hydrogen-bond acceptors (Lipinski definition) is 4. The van der Waals surface area contributed by atoms with Gasteiger partial charge < -0.3 is 14.0 Å². The Bertz CT molecular complexity index is 827. The first-order valence-electron chi connectivity index (χ1n) is 7.11. The van der Waals surface area contributed by atoms with Gasteiger partial charge in [0.15, 0.2) is 11.6 Å². The SMILES string of the molecule is CCOC(=O)c1cn(C(C)C)c2c(OC)c(F)c(F)cc2c1=O. The zero-order valence-corrected chi connectivity index (χ0v) is 13.3. The molecule has 2 rings (SSSR count). The van der Waals surface area contributed by atoms with Crippen LogP contribution in [0.4, 0.5) is 8.78 Å². The van der Waals surface area contributed by atoms with Gasteiger partial charge in [0.05, 0.1) is 24.6 Å². The molecule has 0 atom stereocenters. The molecule has 0 fully saturated rings. The molecule has 0 radical (unpaired) electrons. The molecule has 1 aromatic heterocycles. The van der Waals surface area contributed by atoms with Crippen molar-refractivity contribution in [2.45, 2.75) is 26.8 Å². The molecule has 1 heterocycles. The standard InChI is InChI=1S/C16H17F2NO4/c1-5-23-16(21)10-7-19(8(2)3)13-9(14(10)20)6-11(17)12(18)15(13)22-4/h6-8H,5H2,1-4H3. The Hall–Kier alpha value is -2.44. The van der Waals surface area contributed by atoms with Gasteiger partial charge >= 0.3 is 5.97 Å². The topological polar surface area (TPSA) is 57.5 Å². The van der Waals surface area contributed by atoms with Crippen LogP contribution < -0.4 is 10.2 Å². The zero-order chi connectivity index (χ0) is 17.3. The van der Waals surface area contributed by atoms with E-state index < -0.39 is 23.0 Å². The molecule has 2 aromatic rings. The number of aromatic nitrogens is 1. The van der Waals surface area contributed by atoms with Crippen molar-refractivity contribution in [1.82, 2.24) is 4.57 Å². The third-order valence-electron chi connectivity index (χ3n) is 3.42. The molecule has 0 unspecified atom stereocenters. The summed E-state index contributed by atoms with van der Waals surface area (Å²) in [5, 5.41) is -0.139. The van der Waals surface area contributed by atoms with Crippen LogP contribution in [-0.4, -0.2) is 24.3 Å². The van der Waals surface area contributed by atoms with Gasteiger partial charge in [-0.2, -0.15) is 4.39 Å². The van der Waals surface area contributed by atoms with E-state index in [4.69, 9.17) is 9.47 Å². The van der Waals surface area contributed by atoms with E-state index >= 15 is 0 Å². The van der Waals surface area contributed by atoms with Crippen molar-refractivity contribution in [1.29, 1.82) is 0 Å². The second-order valence-electron chi connectivity index (χ2n) is 5.20. The maximum Gasteiger partial charge on any atom is 0.343 e. The summed E-state index contributed by atoms with van der Waals surface area (Å²) in [5.74, 6) is -3.58. The fourth-order valence-electron chi connectivity index (χ4n) is 2.38. The van der Waals surface area contributed by atoms with Crippen LogP contribution in [0.2, 0.25) is 0 Å². The highest BCUT2D eigenvalue weighted by Crippen LogP contribution is 2.31. The quantitative estimate of drug-likeness (QED) is 0.811. The van der Waals surface area contributed by atoms with Crippen LogP contribution in [0.3, 0.4) is 0 Å². The van der Waals surface area contributed by atoms with E-state index in [1.807, 2.05) is 0 Å². The summed E-state index contributed by atoms with van der Waals surface area (Å²) in [4.78, 5) is 24.4. The van der Waals surface area contributed by atoms with Crippen LogP contribution in [0.15, 0.2) is 17.1 Å². The van der Waals surface area contributed by atoms with Crippen LogP contribution in [0, 0.1) is 11.6 Å². The number of hydrogen-bond donors (Lipinski definition) is 0. The predicted octanol–water partition coefficient (Wildman–Crippen LogP) is 3.05. The van der Waals surface area contributed by atoms with Crippen molar-refractivity contribution in [3.05, 3.63) is 39.7 Å². The zero-order valence-electron chi connectivity index (χ0n) is 13.3. The van der Waals surface area contributed by atoms with Crippen LogP contribution in [0.5, 0.6) is 5.75 Å². The Balaban J connectivity index is 2.98. The first kappa shape index (κ1) is 16.9. The van der Waals surface area contributed by atoms with Crippen LogP contribution in [-0.2, 0) is 4.74 Å². The third-order valence-corrected chi connectivity index (χ3v) is 3.42. The van der Waals surface area contributed by atoms with E-state index in [-0.39, 0.29) is 34.9 Å². The molecule has 0 saturated heterocycles. The van der Waals surface area contributed by atoms with Crippen molar-refractivity contribution in [2.75, 3.05) is 13.7 Å². The molecule has 0 bridgehead atoms. The monoisotopic (exact) mass is 325 g/mol. The lowest BCUT2D eigenvalue weighted by atomic mass is 10.1. The smallest absolute Gasteiger partial charge is 0.343 e. The number of pyridine rings is 1. The average molecular weight is 325 g/mol. The van der Waals surface area contributed by atoms with Gasteiger partial charge in [-0.3, -0.25) is 4.79 Å². The fourth-order valence-corrected chi connectivity index (χ4v) is 2.38. The molecule has 124 valence electrons. The maximum absolute atomic E-state index is 14.0. The second kappa shape index (κ2) is 6.36. The summed E-state index contributed by atoms with van der Waals surface area (Å²) in [5.41, 5.74) is -0.867. The first-order chi connectivity index (χ1) is 10.8. The van der Waals surface area contributed by atoms with E-state index in [0.717, 1.165) is 6.07 Å². The second-order valence-corrected chi connectivity index (χ2v) is 5.20. The van der Waals surface area contributed by atoms with Crippen molar-refractivity contribution in [3.8, 4) is 5.75 Å². The van der Waals surface area contributed by atoms with E-state index in [2.05, 4.69) is 0 Å². The molecular formula is C16H17F2NO4. The number of halogens is 2. The van der Waals surface area contributed by atoms with Gasteiger partial charge in [0.25, 0.3) is 0 Å². The van der Waals surface area contributed by atoms with Crippen molar-refractivity contribution in [2.24, 2.45) is 0 Å². The highest BCUT2D eigenvalue weighted by Gasteiger charge is 2.24. The molecule has 0 aliphatic rings. The van der Waals surface area contributed by atoms with Crippen LogP contribution in [0.25, 0.3) is 10.9 Å². The maximum atomic E-state index is 14.0. The molecule has 0 amide bonds. The molecule has 0 N–H and O–H groups in total. The third kappa shape index (κ3) is 2.78. The Morgan fingerprint density at radius 2 is 2.00 bits per heavy atom. The van der Waals surface area contributed by atoms with Crippen molar-refractivity contribution >= 4 is 16.9 Å². The first-order valence-corrected chi connectivity index (χ1v) is 7.11. The summed E-state index contributed by atoms with van der Waals surface area (Å²) < 4.78 is 39.0. The largest absolute Gasteiger partial charge is 0.491 e. The Morgan fingerprint density at radius 3 is 2.52 bits per heavy atom. The number of ether oxygens (including phenoxy) is 2. The van der Waals surface area contributed by atoms with Gasteiger partial charge in [0, 0.05) is 12.2 Å². The van der Waals surface area contributed by atoms with Crippen molar-refractivity contribution < 1.29 is 23.0 Å². The van der Waals surface area contributed by atoms with Crippen LogP contribution >= 0.6 is 0 Å². The molecular weight excluding hydrogens is 308 g/mol.